The fourth-order valence-corrected chi connectivity index (χ4v) is 3.05. The lowest BCUT2D eigenvalue weighted by Crippen LogP contribution is -2.04. The minimum Gasteiger partial charge on any atom is -0.478 e. The summed E-state index contributed by atoms with van der Waals surface area (Å²) in [5.41, 5.74) is -3.12. The molecule has 8 nitrogen and oxygen atoms in total. The van der Waals surface area contributed by atoms with Gasteiger partial charge in [-0.05, 0) is 59.7 Å². The molecule has 3 aromatic rings. The van der Waals surface area contributed by atoms with Crippen molar-refractivity contribution < 1.29 is 48.4 Å². The molecule has 0 amide bonds. The van der Waals surface area contributed by atoms with Crippen LogP contribution in [0.1, 0.15) is 41.4 Å². The lowest BCUT2D eigenvalue weighted by molar-refractivity contribution is 0.0676. The largest absolute Gasteiger partial charge is 0.478 e. The van der Waals surface area contributed by atoms with Crippen molar-refractivity contribution in [1.82, 2.24) is 0 Å². The summed E-state index contributed by atoms with van der Waals surface area (Å²) in [7, 11) is 0. The van der Waals surface area contributed by atoms with Gasteiger partial charge < -0.3 is 20.4 Å². The summed E-state index contributed by atoms with van der Waals surface area (Å²) in [6.45, 7) is 0. The second kappa shape index (κ2) is 8.26. The Kier molecular flexibility index (Phi) is 5.71. The van der Waals surface area contributed by atoms with E-state index in [1.54, 1.807) is 0 Å². The van der Waals surface area contributed by atoms with Gasteiger partial charge in [-0.1, -0.05) is 0 Å². The minimum atomic E-state index is -1.47. The Morgan fingerprint density at radius 3 is 0.938 bits per heavy atom. The Morgan fingerprint density at radius 2 is 0.719 bits per heavy atom. The molecule has 10 heteroatoms. The van der Waals surface area contributed by atoms with Crippen LogP contribution in [0.5, 0.6) is 0 Å². The zero-order valence-electron chi connectivity index (χ0n) is 15.8. The van der Waals surface area contributed by atoms with Crippen LogP contribution in [-0.2, 0) is 0 Å². The lowest BCUT2D eigenvalue weighted by atomic mass is 9.94. The molecular formula is C22H12F2O8. The third-order valence-electron chi connectivity index (χ3n) is 4.53. The molecule has 0 aromatic heterocycles. The van der Waals surface area contributed by atoms with Crippen LogP contribution in [-0.4, -0.2) is 44.3 Å². The molecule has 0 spiro atoms. The molecule has 0 heterocycles. The molecule has 0 radical (unpaired) electrons. The molecule has 0 aliphatic rings. The van der Waals surface area contributed by atoms with E-state index in [1.807, 2.05) is 0 Å². The van der Waals surface area contributed by atoms with Gasteiger partial charge in [0.05, 0.1) is 22.3 Å². The van der Waals surface area contributed by atoms with Crippen LogP contribution in [0.25, 0.3) is 22.3 Å². The van der Waals surface area contributed by atoms with Gasteiger partial charge in [-0.2, -0.15) is 0 Å². The van der Waals surface area contributed by atoms with Gasteiger partial charge in [0, 0.05) is 11.1 Å². The standard InChI is InChI=1S/C22H12F2O8/c23-17-8-16(10-3-13(21(29)30)6-14(4-10)22(31)32)18(24)7-15(17)9-1-11(19(25)26)5-12(2-9)20(27)28/h1-8H,(H,25,26)(H,27,28)(H,29,30)(H,31,32). The number of hydrogen-bond acceptors (Lipinski definition) is 4. The highest BCUT2D eigenvalue weighted by Crippen LogP contribution is 2.33. The monoisotopic (exact) mass is 442 g/mol. The summed E-state index contributed by atoms with van der Waals surface area (Å²) in [5, 5.41) is 36.7. The first-order chi connectivity index (χ1) is 15.0. The minimum absolute atomic E-state index is 0.212. The molecule has 0 aliphatic carbocycles. The van der Waals surface area contributed by atoms with Crippen molar-refractivity contribution in [2.75, 3.05) is 0 Å². The maximum absolute atomic E-state index is 14.9. The summed E-state index contributed by atoms with van der Waals surface area (Å²) in [6, 6.07) is 6.99. The molecule has 32 heavy (non-hydrogen) atoms. The van der Waals surface area contributed by atoms with E-state index in [4.69, 9.17) is 20.4 Å². The highest BCUT2D eigenvalue weighted by molar-refractivity contribution is 5.97. The van der Waals surface area contributed by atoms with Crippen molar-refractivity contribution in [1.29, 1.82) is 0 Å². The third kappa shape index (κ3) is 4.29. The van der Waals surface area contributed by atoms with Gasteiger partial charge in [0.15, 0.2) is 0 Å². The van der Waals surface area contributed by atoms with Crippen molar-refractivity contribution in [2.45, 2.75) is 0 Å². The second-order valence-electron chi connectivity index (χ2n) is 6.63. The van der Waals surface area contributed by atoms with Crippen LogP contribution in [0.15, 0.2) is 48.5 Å². The second-order valence-corrected chi connectivity index (χ2v) is 6.63. The van der Waals surface area contributed by atoms with E-state index in [2.05, 4.69) is 0 Å². The van der Waals surface area contributed by atoms with E-state index in [0.717, 1.165) is 36.4 Å². The third-order valence-corrected chi connectivity index (χ3v) is 4.53. The molecule has 4 N–H and O–H groups in total. The first kappa shape index (κ1) is 22.1. The maximum Gasteiger partial charge on any atom is 0.335 e. The quantitative estimate of drug-likeness (QED) is 0.446. The zero-order chi connectivity index (χ0) is 23.7. The molecule has 3 aromatic carbocycles. The van der Waals surface area contributed by atoms with Gasteiger partial charge in [-0.15, -0.1) is 0 Å². The smallest absolute Gasteiger partial charge is 0.335 e. The van der Waals surface area contributed by atoms with Crippen LogP contribution in [0.3, 0.4) is 0 Å². The lowest BCUT2D eigenvalue weighted by Gasteiger charge is -2.11. The molecule has 0 saturated heterocycles. The highest BCUT2D eigenvalue weighted by Gasteiger charge is 2.19. The SMILES string of the molecule is O=C(O)c1cc(C(=O)O)cc(-c2cc(F)c(-c3cc(C(=O)O)cc(C(=O)O)c3)cc2F)c1. The van der Waals surface area contributed by atoms with Gasteiger partial charge in [0.2, 0.25) is 0 Å². The van der Waals surface area contributed by atoms with Crippen LogP contribution in [0, 0.1) is 11.6 Å². The van der Waals surface area contributed by atoms with Gasteiger partial charge in [-0.3, -0.25) is 0 Å². The summed E-state index contributed by atoms with van der Waals surface area (Å²) in [4.78, 5) is 45.1. The number of aromatic carboxylic acids is 4. The molecule has 3 rings (SSSR count). The van der Waals surface area contributed by atoms with Gasteiger partial charge in [0.1, 0.15) is 11.6 Å². The van der Waals surface area contributed by atoms with E-state index in [1.165, 1.54) is 0 Å². The summed E-state index contributed by atoms with van der Waals surface area (Å²) in [6.07, 6.45) is 0. The van der Waals surface area contributed by atoms with E-state index < -0.39 is 68.9 Å². The first-order valence-electron chi connectivity index (χ1n) is 8.71. The zero-order valence-corrected chi connectivity index (χ0v) is 15.8. The number of halogens is 2. The predicted octanol–water partition coefficient (Wildman–Crippen LogP) is 4.09. The summed E-state index contributed by atoms with van der Waals surface area (Å²) < 4.78 is 29.8. The highest BCUT2D eigenvalue weighted by atomic mass is 19.1. The van der Waals surface area contributed by atoms with Crippen molar-refractivity contribution in [3.63, 3.8) is 0 Å². The molecular weight excluding hydrogens is 430 g/mol. The van der Waals surface area contributed by atoms with Crippen LogP contribution in [0.2, 0.25) is 0 Å². The molecule has 162 valence electrons. The van der Waals surface area contributed by atoms with Crippen molar-refractivity contribution >= 4 is 23.9 Å². The number of carboxylic acids is 4. The number of benzene rings is 3. The molecule has 0 unspecified atom stereocenters. The molecule has 0 atom stereocenters. The Morgan fingerprint density at radius 1 is 0.469 bits per heavy atom. The molecule has 0 fully saturated rings. The Labute approximate surface area is 177 Å². The predicted molar refractivity (Wildman–Crippen MR) is 105 cm³/mol. The number of carbonyl (C=O) groups is 4. The fraction of sp³-hybridized carbons (Fsp3) is 0. The average Bonchev–Trinajstić information content (AvgIpc) is 2.74. The van der Waals surface area contributed by atoms with Crippen molar-refractivity contribution in [3.05, 3.63) is 82.4 Å². The summed E-state index contributed by atoms with van der Waals surface area (Å²) >= 11 is 0. The molecule has 0 aliphatic heterocycles. The first-order valence-corrected chi connectivity index (χ1v) is 8.71. The average molecular weight is 442 g/mol. The number of carboxylic acid groups (broad SMARTS) is 4. The fourth-order valence-electron chi connectivity index (χ4n) is 3.05. The number of hydrogen-bond donors (Lipinski definition) is 4. The van der Waals surface area contributed by atoms with Crippen LogP contribution < -0.4 is 0 Å². The van der Waals surface area contributed by atoms with Gasteiger partial charge in [-0.25, -0.2) is 28.0 Å². The Balaban J connectivity index is 2.21. The van der Waals surface area contributed by atoms with Crippen LogP contribution in [0.4, 0.5) is 8.78 Å². The number of rotatable bonds is 6. The Hall–Kier alpha value is -4.60. The van der Waals surface area contributed by atoms with Crippen LogP contribution >= 0.6 is 0 Å². The maximum atomic E-state index is 14.9. The van der Waals surface area contributed by atoms with Gasteiger partial charge in [0.25, 0.3) is 0 Å². The van der Waals surface area contributed by atoms with Crippen molar-refractivity contribution in [3.8, 4) is 22.3 Å². The topological polar surface area (TPSA) is 149 Å². The normalized spacial score (nSPS) is 10.6. The van der Waals surface area contributed by atoms with E-state index in [0.29, 0.717) is 12.1 Å². The summed E-state index contributed by atoms with van der Waals surface area (Å²) in [5.74, 6) is -8.04. The van der Waals surface area contributed by atoms with Gasteiger partial charge >= 0.3 is 23.9 Å². The van der Waals surface area contributed by atoms with E-state index in [9.17, 15) is 28.0 Å². The van der Waals surface area contributed by atoms with Crippen molar-refractivity contribution in [2.24, 2.45) is 0 Å². The van der Waals surface area contributed by atoms with E-state index in [-0.39, 0.29) is 11.1 Å². The molecule has 0 bridgehead atoms. The Bertz CT molecular complexity index is 1150. The van der Waals surface area contributed by atoms with E-state index >= 15 is 0 Å². The molecule has 0 saturated carbocycles.